The molecule has 1 unspecified atom stereocenters. The molecule has 204 valence electrons. The zero-order valence-corrected chi connectivity index (χ0v) is 22.3. The van der Waals surface area contributed by atoms with Crippen LogP contribution in [0.2, 0.25) is 0 Å². The van der Waals surface area contributed by atoms with Gasteiger partial charge in [0.1, 0.15) is 5.82 Å². The molecule has 0 saturated carbocycles. The van der Waals surface area contributed by atoms with Gasteiger partial charge in [-0.1, -0.05) is 0 Å². The molecule has 1 aliphatic carbocycles. The van der Waals surface area contributed by atoms with E-state index in [0.29, 0.717) is 74.2 Å². The molecule has 0 radical (unpaired) electrons. The molecule has 3 saturated heterocycles. The second kappa shape index (κ2) is 10.5. The summed E-state index contributed by atoms with van der Waals surface area (Å²) < 4.78 is 11.5. The Morgan fingerprint density at radius 3 is 2.47 bits per heavy atom. The Morgan fingerprint density at radius 2 is 1.74 bits per heavy atom. The lowest BCUT2D eigenvalue weighted by Gasteiger charge is -2.27. The van der Waals surface area contributed by atoms with Crippen molar-refractivity contribution in [3.8, 4) is 5.88 Å². The van der Waals surface area contributed by atoms with Crippen molar-refractivity contribution in [2.45, 2.75) is 32.1 Å². The number of aryl methyl sites for hydroxylation is 1. The Labute approximate surface area is 222 Å². The van der Waals surface area contributed by atoms with Gasteiger partial charge in [0.2, 0.25) is 11.8 Å². The van der Waals surface area contributed by atoms with E-state index >= 15 is 0 Å². The number of aromatic amines is 1. The predicted molar refractivity (Wildman–Crippen MR) is 139 cm³/mol. The average molecular weight is 524 g/mol. The monoisotopic (exact) mass is 523 g/mol. The molecule has 38 heavy (non-hydrogen) atoms. The first kappa shape index (κ1) is 25.1. The molecular weight excluding hydrogens is 486 g/mol. The van der Waals surface area contributed by atoms with E-state index in [-0.39, 0.29) is 17.7 Å². The summed E-state index contributed by atoms with van der Waals surface area (Å²) in [6.07, 6.45) is 4.25. The number of nitrogens with one attached hydrogen (secondary N) is 1. The smallest absolute Gasteiger partial charge is 0.254 e. The van der Waals surface area contributed by atoms with Crippen LogP contribution < -0.4 is 9.64 Å². The van der Waals surface area contributed by atoms with E-state index in [1.807, 2.05) is 34.9 Å². The molecule has 1 N–H and O–H groups in total. The van der Waals surface area contributed by atoms with Gasteiger partial charge in [0.15, 0.2) is 0 Å². The zero-order valence-electron chi connectivity index (χ0n) is 22.3. The number of hydrogen-bond donors (Lipinski definition) is 1. The molecule has 11 heteroatoms. The molecule has 5 heterocycles. The number of hydrogen-bond acceptors (Lipinski definition) is 8. The molecule has 3 aliphatic heterocycles. The fraction of sp³-hybridized carbons (Fsp3) is 0.667. The fourth-order valence-corrected chi connectivity index (χ4v) is 6.31. The van der Waals surface area contributed by atoms with Gasteiger partial charge in [-0.25, -0.2) is 0 Å². The molecular formula is C27H37N7O4. The van der Waals surface area contributed by atoms with Gasteiger partial charge in [0.25, 0.3) is 5.91 Å². The first-order chi connectivity index (χ1) is 18.4. The molecule has 11 nitrogen and oxygen atoms in total. The summed E-state index contributed by atoms with van der Waals surface area (Å²) >= 11 is 0. The normalized spacial score (nSPS) is 25.3. The van der Waals surface area contributed by atoms with Crippen molar-refractivity contribution in [1.29, 1.82) is 0 Å². The van der Waals surface area contributed by atoms with Crippen molar-refractivity contribution in [2.24, 2.45) is 23.7 Å². The number of H-pyrrole nitrogens is 1. The van der Waals surface area contributed by atoms with E-state index in [1.165, 1.54) is 0 Å². The summed E-state index contributed by atoms with van der Waals surface area (Å²) in [4.78, 5) is 37.3. The van der Waals surface area contributed by atoms with Crippen LogP contribution in [0.25, 0.3) is 0 Å². The Morgan fingerprint density at radius 1 is 1.03 bits per heavy atom. The summed E-state index contributed by atoms with van der Waals surface area (Å²) in [6.45, 7) is 4.89. The standard InChI is InChI=1S/C27H37N7O4/c1-32(2)24-10-19(11-25(28-24)38-16-17-5-7-37-8-6-17)27(36)34-14-20-12-33(13-21(20)15-34)26(35)18-3-4-22-23(9-18)30-31-29-22/h10-11,17-18,20-21H,3-9,12-16H2,1-2H3,(H,29,30,31)/t18-,20+,21?/m1/s1. The Hall–Kier alpha value is -3.21. The topological polar surface area (TPSA) is 117 Å². The minimum absolute atomic E-state index is 0.00420. The first-order valence-corrected chi connectivity index (χ1v) is 13.8. The minimum atomic E-state index is -0.0232. The molecule has 2 amide bonds. The van der Waals surface area contributed by atoms with Crippen LogP contribution in [0.3, 0.4) is 0 Å². The highest BCUT2D eigenvalue weighted by atomic mass is 16.5. The Kier molecular flexibility index (Phi) is 6.94. The van der Waals surface area contributed by atoms with Gasteiger partial charge < -0.3 is 24.2 Å². The molecule has 2 aromatic heterocycles. The molecule has 0 aromatic carbocycles. The highest BCUT2D eigenvalue weighted by Gasteiger charge is 2.44. The van der Waals surface area contributed by atoms with Crippen molar-refractivity contribution >= 4 is 17.6 Å². The average Bonchev–Trinajstić information content (AvgIpc) is 3.66. The van der Waals surface area contributed by atoms with E-state index in [4.69, 9.17) is 9.47 Å². The number of ether oxygens (including phenoxy) is 2. The minimum Gasteiger partial charge on any atom is -0.477 e. The highest BCUT2D eigenvalue weighted by Crippen LogP contribution is 2.35. The van der Waals surface area contributed by atoms with Crippen molar-refractivity contribution in [3.63, 3.8) is 0 Å². The number of carbonyl (C=O) groups is 2. The predicted octanol–water partition coefficient (Wildman–Crippen LogP) is 1.41. The van der Waals surface area contributed by atoms with Crippen LogP contribution in [0.5, 0.6) is 5.88 Å². The number of pyridine rings is 1. The first-order valence-electron chi connectivity index (χ1n) is 13.8. The van der Waals surface area contributed by atoms with Crippen LogP contribution in [0.1, 0.15) is 41.0 Å². The van der Waals surface area contributed by atoms with Gasteiger partial charge in [-0.05, 0) is 37.7 Å². The van der Waals surface area contributed by atoms with E-state index in [9.17, 15) is 9.59 Å². The number of fused-ring (bicyclic) bond motifs is 2. The van der Waals surface area contributed by atoms with Gasteiger partial charge in [0, 0.05) is 89.3 Å². The van der Waals surface area contributed by atoms with Crippen molar-refractivity contribution in [1.82, 2.24) is 30.2 Å². The summed E-state index contributed by atoms with van der Waals surface area (Å²) in [5, 5.41) is 11.1. The lowest BCUT2D eigenvalue weighted by atomic mass is 9.89. The van der Waals surface area contributed by atoms with Crippen molar-refractivity contribution in [2.75, 3.05) is 65.0 Å². The molecule has 0 bridgehead atoms. The number of rotatable bonds is 6. The molecule has 3 fully saturated rings. The molecule has 4 aliphatic rings. The summed E-state index contributed by atoms with van der Waals surface area (Å²) in [7, 11) is 3.83. The maximum atomic E-state index is 13.6. The van der Waals surface area contributed by atoms with E-state index in [2.05, 4.69) is 20.4 Å². The maximum Gasteiger partial charge on any atom is 0.254 e. The van der Waals surface area contributed by atoms with Gasteiger partial charge in [0.05, 0.1) is 18.0 Å². The largest absolute Gasteiger partial charge is 0.477 e. The highest BCUT2D eigenvalue weighted by molar-refractivity contribution is 5.95. The van der Waals surface area contributed by atoms with Crippen LogP contribution in [0, 0.1) is 23.7 Å². The number of anilines is 1. The van der Waals surface area contributed by atoms with E-state index in [1.54, 1.807) is 6.07 Å². The van der Waals surface area contributed by atoms with Crippen molar-refractivity contribution in [3.05, 3.63) is 29.1 Å². The van der Waals surface area contributed by atoms with Crippen LogP contribution in [0.15, 0.2) is 12.1 Å². The van der Waals surface area contributed by atoms with E-state index < -0.39 is 0 Å². The maximum absolute atomic E-state index is 13.6. The van der Waals surface area contributed by atoms with Gasteiger partial charge >= 0.3 is 0 Å². The molecule has 2 aromatic rings. The number of carbonyl (C=O) groups excluding carboxylic acids is 2. The summed E-state index contributed by atoms with van der Waals surface area (Å²) in [6, 6.07) is 3.62. The third kappa shape index (κ3) is 5.08. The second-order valence-corrected chi connectivity index (χ2v) is 11.4. The Balaban J connectivity index is 1.07. The van der Waals surface area contributed by atoms with Crippen LogP contribution in [-0.2, 0) is 22.4 Å². The molecule has 0 spiro atoms. The SMILES string of the molecule is CN(C)c1cc(C(=O)N2CC3CN(C(=O)[C@@H]4CCc5n[nH]nc5C4)C[C@H]3C2)cc(OCC2CCOCC2)n1. The van der Waals surface area contributed by atoms with Gasteiger partial charge in [-0.2, -0.15) is 20.4 Å². The summed E-state index contributed by atoms with van der Waals surface area (Å²) in [5.41, 5.74) is 2.52. The number of amides is 2. The zero-order chi connectivity index (χ0) is 26.2. The van der Waals surface area contributed by atoms with Crippen LogP contribution >= 0.6 is 0 Å². The molecule has 3 atom stereocenters. The quantitative estimate of drug-likeness (QED) is 0.604. The third-order valence-corrected chi connectivity index (χ3v) is 8.61. The van der Waals surface area contributed by atoms with Crippen molar-refractivity contribution < 1.29 is 19.1 Å². The van der Waals surface area contributed by atoms with Crippen LogP contribution in [0.4, 0.5) is 5.82 Å². The lowest BCUT2D eigenvalue weighted by molar-refractivity contribution is -0.135. The summed E-state index contributed by atoms with van der Waals surface area (Å²) in [5.74, 6) is 2.48. The number of aromatic nitrogens is 4. The number of nitrogens with zero attached hydrogens (tertiary/aromatic N) is 6. The number of likely N-dealkylation sites (tertiary alicyclic amines) is 2. The van der Waals surface area contributed by atoms with Gasteiger partial charge in [-0.15, -0.1) is 0 Å². The van der Waals surface area contributed by atoms with E-state index in [0.717, 1.165) is 50.3 Å². The Bertz CT molecular complexity index is 1160. The van der Waals surface area contributed by atoms with Gasteiger partial charge in [-0.3, -0.25) is 9.59 Å². The lowest BCUT2D eigenvalue weighted by Crippen LogP contribution is -2.40. The molecule has 6 rings (SSSR count). The van der Waals surface area contributed by atoms with Crippen LogP contribution in [-0.4, -0.2) is 102 Å². The second-order valence-electron chi connectivity index (χ2n) is 11.4. The third-order valence-electron chi connectivity index (χ3n) is 8.61. The fourth-order valence-electron chi connectivity index (χ4n) is 6.31.